The third-order valence-corrected chi connectivity index (χ3v) is 5.69. The van der Waals surface area contributed by atoms with Gasteiger partial charge in [-0.15, -0.1) is 11.3 Å². The van der Waals surface area contributed by atoms with Crippen LogP contribution in [0.4, 0.5) is 0 Å². The first-order chi connectivity index (χ1) is 13.6. The molecule has 8 heteroatoms. The molecule has 0 saturated carbocycles. The maximum Gasteiger partial charge on any atom is 0.331 e. The van der Waals surface area contributed by atoms with Crippen molar-refractivity contribution in [2.24, 2.45) is 0 Å². The van der Waals surface area contributed by atoms with Gasteiger partial charge >= 0.3 is 5.97 Å². The molecule has 0 aliphatic carbocycles. The molecule has 1 aliphatic rings. The fourth-order valence-corrected chi connectivity index (χ4v) is 4.15. The van der Waals surface area contributed by atoms with Crippen LogP contribution in [0.15, 0.2) is 46.3 Å². The van der Waals surface area contributed by atoms with Gasteiger partial charge in [-0.05, 0) is 35.4 Å². The zero-order valence-electron chi connectivity index (χ0n) is 15.1. The smallest absolute Gasteiger partial charge is 0.331 e. The standard InChI is InChI=1S/C20H19N3O4S/c24-17(9-3-8-16-21-19(22-27-16)15-7-4-12-28-15)23-11-10-13-5-1-2-6-14(13)18(23)20(25)26/h1-2,4-7,12,18H,3,8-11H2,(H,25,26). The number of aryl methyl sites for hydroxylation is 1. The van der Waals surface area contributed by atoms with Crippen molar-refractivity contribution in [3.63, 3.8) is 0 Å². The number of nitrogens with zero attached hydrogens (tertiary/aromatic N) is 3. The monoisotopic (exact) mass is 397 g/mol. The molecule has 2 aromatic heterocycles. The lowest BCUT2D eigenvalue weighted by Gasteiger charge is -2.34. The van der Waals surface area contributed by atoms with Crippen LogP contribution < -0.4 is 0 Å². The number of fused-ring (bicyclic) bond motifs is 1. The van der Waals surface area contributed by atoms with Crippen molar-refractivity contribution < 1.29 is 19.2 Å². The fourth-order valence-electron chi connectivity index (χ4n) is 3.50. The summed E-state index contributed by atoms with van der Waals surface area (Å²) in [5.74, 6) is -0.136. The topological polar surface area (TPSA) is 96.5 Å². The number of amides is 1. The van der Waals surface area contributed by atoms with Gasteiger partial charge in [0.2, 0.25) is 17.6 Å². The second kappa shape index (κ2) is 7.93. The zero-order valence-corrected chi connectivity index (χ0v) is 15.9. The Morgan fingerprint density at radius 3 is 2.89 bits per heavy atom. The van der Waals surface area contributed by atoms with E-state index in [1.54, 1.807) is 6.07 Å². The second-order valence-corrected chi connectivity index (χ2v) is 7.57. The van der Waals surface area contributed by atoms with E-state index in [-0.39, 0.29) is 12.3 Å². The van der Waals surface area contributed by atoms with E-state index in [0.29, 0.717) is 43.1 Å². The summed E-state index contributed by atoms with van der Waals surface area (Å²) >= 11 is 1.53. The Morgan fingerprint density at radius 2 is 2.11 bits per heavy atom. The van der Waals surface area contributed by atoms with Crippen molar-refractivity contribution in [3.8, 4) is 10.7 Å². The van der Waals surface area contributed by atoms with Crippen molar-refractivity contribution in [3.05, 3.63) is 58.8 Å². The largest absolute Gasteiger partial charge is 0.479 e. The van der Waals surface area contributed by atoms with Gasteiger partial charge in [0.25, 0.3) is 0 Å². The highest BCUT2D eigenvalue weighted by Crippen LogP contribution is 2.30. The molecular weight excluding hydrogens is 378 g/mol. The molecule has 1 N–H and O–H groups in total. The van der Waals surface area contributed by atoms with Crippen LogP contribution >= 0.6 is 11.3 Å². The van der Waals surface area contributed by atoms with Gasteiger partial charge in [0, 0.05) is 19.4 Å². The van der Waals surface area contributed by atoms with Gasteiger partial charge in [0.05, 0.1) is 4.88 Å². The first-order valence-corrected chi connectivity index (χ1v) is 9.98. The van der Waals surface area contributed by atoms with Crippen LogP contribution in [0.5, 0.6) is 0 Å². The van der Waals surface area contributed by atoms with Crippen LogP contribution in [-0.2, 0) is 22.4 Å². The summed E-state index contributed by atoms with van der Waals surface area (Å²) in [6, 6.07) is 10.3. The minimum atomic E-state index is -1.00. The first-order valence-electron chi connectivity index (χ1n) is 9.10. The lowest BCUT2D eigenvalue weighted by molar-refractivity contribution is -0.151. The number of rotatable bonds is 6. The molecule has 3 aromatic rings. The fraction of sp³-hybridized carbons (Fsp3) is 0.300. The average molecular weight is 397 g/mol. The van der Waals surface area contributed by atoms with Gasteiger partial charge < -0.3 is 14.5 Å². The summed E-state index contributed by atoms with van der Waals surface area (Å²) in [5, 5.41) is 15.6. The predicted octanol–water partition coefficient (Wildman–Crippen LogP) is 3.33. The van der Waals surface area contributed by atoms with Gasteiger partial charge in [0.1, 0.15) is 0 Å². The Balaban J connectivity index is 1.38. The zero-order chi connectivity index (χ0) is 19.5. The Hall–Kier alpha value is -3.00. The molecule has 1 aliphatic heterocycles. The van der Waals surface area contributed by atoms with E-state index in [2.05, 4.69) is 10.1 Å². The number of aromatic nitrogens is 2. The van der Waals surface area contributed by atoms with Gasteiger partial charge in [-0.1, -0.05) is 35.5 Å². The Labute approximate surface area is 165 Å². The molecule has 0 fully saturated rings. The van der Waals surface area contributed by atoms with Gasteiger partial charge in [-0.2, -0.15) is 4.98 Å². The molecule has 1 atom stereocenters. The summed E-state index contributed by atoms with van der Waals surface area (Å²) in [4.78, 5) is 31.3. The van der Waals surface area contributed by atoms with Crippen LogP contribution in [0.25, 0.3) is 10.7 Å². The van der Waals surface area contributed by atoms with E-state index in [9.17, 15) is 14.7 Å². The molecule has 0 bridgehead atoms. The maximum atomic E-state index is 12.7. The highest BCUT2D eigenvalue weighted by atomic mass is 32.1. The van der Waals surface area contributed by atoms with Crippen molar-refractivity contribution in [1.82, 2.24) is 15.0 Å². The van der Waals surface area contributed by atoms with Crippen LogP contribution in [0, 0.1) is 0 Å². The molecule has 4 rings (SSSR count). The molecule has 1 amide bonds. The normalized spacial score (nSPS) is 16.0. The molecule has 0 radical (unpaired) electrons. The molecule has 1 unspecified atom stereocenters. The molecule has 144 valence electrons. The number of thiophene rings is 1. The van der Waals surface area contributed by atoms with E-state index in [0.717, 1.165) is 10.4 Å². The van der Waals surface area contributed by atoms with Crippen molar-refractivity contribution in [2.45, 2.75) is 31.7 Å². The highest BCUT2D eigenvalue weighted by molar-refractivity contribution is 7.13. The first kappa shape index (κ1) is 18.4. The van der Waals surface area contributed by atoms with Crippen molar-refractivity contribution in [1.29, 1.82) is 0 Å². The summed E-state index contributed by atoms with van der Waals surface area (Å²) in [5.41, 5.74) is 1.69. The van der Waals surface area contributed by atoms with Crippen LogP contribution in [0.3, 0.4) is 0 Å². The van der Waals surface area contributed by atoms with Crippen molar-refractivity contribution in [2.75, 3.05) is 6.54 Å². The minimum Gasteiger partial charge on any atom is -0.479 e. The number of hydrogen-bond donors (Lipinski definition) is 1. The van der Waals surface area contributed by atoms with Gasteiger partial charge in [-0.3, -0.25) is 4.79 Å². The minimum absolute atomic E-state index is 0.167. The van der Waals surface area contributed by atoms with Crippen LogP contribution in [-0.4, -0.2) is 38.6 Å². The molecule has 28 heavy (non-hydrogen) atoms. The summed E-state index contributed by atoms with van der Waals surface area (Å²) in [7, 11) is 0. The summed E-state index contributed by atoms with van der Waals surface area (Å²) < 4.78 is 5.25. The molecule has 3 heterocycles. The lowest BCUT2D eigenvalue weighted by atomic mass is 9.92. The third kappa shape index (κ3) is 3.68. The SMILES string of the molecule is O=C(O)C1c2ccccc2CCN1C(=O)CCCc1nc(-c2cccs2)no1. The van der Waals surface area contributed by atoms with E-state index in [1.807, 2.05) is 35.7 Å². The summed E-state index contributed by atoms with van der Waals surface area (Å²) in [6.45, 7) is 0.413. The van der Waals surface area contributed by atoms with Crippen LogP contribution in [0.2, 0.25) is 0 Å². The number of aliphatic carboxylic acids is 1. The maximum absolute atomic E-state index is 12.7. The van der Waals surface area contributed by atoms with Crippen molar-refractivity contribution >= 4 is 23.2 Å². The number of carbonyl (C=O) groups excluding carboxylic acids is 1. The van der Waals surface area contributed by atoms with Gasteiger partial charge in [0.15, 0.2) is 6.04 Å². The van der Waals surface area contributed by atoms with E-state index < -0.39 is 12.0 Å². The Kier molecular flexibility index (Phi) is 5.21. The van der Waals surface area contributed by atoms with Crippen LogP contribution in [0.1, 0.15) is 35.9 Å². The molecule has 0 spiro atoms. The quantitative estimate of drug-likeness (QED) is 0.685. The van der Waals surface area contributed by atoms with E-state index in [1.165, 1.54) is 16.2 Å². The number of hydrogen-bond acceptors (Lipinski definition) is 6. The average Bonchev–Trinajstić information content (AvgIpc) is 3.38. The summed E-state index contributed by atoms with van der Waals surface area (Å²) in [6.07, 6.45) is 1.91. The number of carbonyl (C=O) groups is 2. The second-order valence-electron chi connectivity index (χ2n) is 6.62. The Morgan fingerprint density at radius 1 is 1.25 bits per heavy atom. The highest BCUT2D eigenvalue weighted by Gasteiger charge is 2.35. The molecule has 0 saturated heterocycles. The Bertz CT molecular complexity index is 983. The molecule has 7 nitrogen and oxygen atoms in total. The van der Waals surface area contributed by atoms with E-state index in [4.69, 9.17) is 4.52 Å². The predicted molar refractivity (Wildman–Crippen MR) is 103 cm³/mol. The number of carboxylic acids is 1. The number of benzene rings is 1. The number of carboxylic acid groups (broad SMARTS) is 1. The lowest BCUT2D eigenvalue weighted by Crippen LogP contribution is -2.43. The molecular formula is C20H19N3O4S. The van der Waals surface area contributed by atoms with Gasteiger partial charge in [-0.25, -0.2) is 4.79 Å². The van der Waals surface area contributed by atoms with E-state index >= 15 is 0 Å². The third-order valence-electron chi connectivity index (χ3n) is 4.83. The molecule has 1 aromatic carbocycles.